The van der Waals surface area contributed by atoms with E-state index >= 15 is 4.39 Å². The van der Waals surface area contributed by atoms with Crippen LogP contribution in [-0.4, -0.2) is 135 Å². The third-order valence-electron chi connectivity index (χ3n) is 8.86. The number of likely N-dealkylation sites (tertiary alicyclic amines) is 1. The Morgan fingerprint density at radius 2 is 1.53 bits per heavy atom. The number of β-amino-alcohol motifs (C(OH)–C–C–N with tert-alkyl or cyclic N) is 2. The smallest absolute Gasteiger partial charge is 0.457 e. The number of nitrogens with one attached hydrogen (secondary N) is 1. The molecule has 1 amide bonds. The molecule has 0 saturated carbocycles. The highest BCUT2D eigenvalue weighted by molar-refractivity contribution is 6.45. The number of aliphatic hydroxyl groups excluding tert-OH is 2. The molecule has 0 aromatic carbocycles. The fourth-order valence-electron chi connectivity index (χ4n) is 5.67. The number of amides is 1. The van der Waals surface area contributed by atoms with Crippen LogP contribution in [-0.2, 0) is 28.4 Å². The molecule has 0 spiro atoms. The van der Waals surface area contributed by atoms with Gasteiger partial charge in [-0.25, -0.2) is 18.4 Å². The summed E-state index contributed by atoms with van der Waals surface area (Å²) < 4.78 is 52.0. The molecule has 3 aliphatic heterocycles. The van der Waals surface area contributed by atoms with Gasteiger partial charge < -0.3 is 44.2 Å². The summed E-state index contributed by atoms with van der Waals surface area (Å²) in [7, 11) is -0.945. The van der Waals surface area contributed by atoms with Crippen LogP contribution in [0.15, 0.2) is 0 Å². The van der Waals surface area contributed by atoms with Gasteiger partial charge in [-0.3, -0.25) is 15.0 Å². The summed E-state index contributed by atoms with van der Waals surface area (Å²) in [6, 6.07) is -3.04. The van der Waals surface area contributed by atoms with Gasteiger partial charge in [-0.1, -0.05) is 20.3 Å². The minimum absolute atomic E-state index is 0. The van der Waals surface area contributed by atoms with E-state index in [4.69, 9.17) is 33.9 Å². The van der Waals surface area contributed by atoms with Gasteiger partial charge in [-0.15, -0.1) is 0 Å². The number of alkyl halides is 2. The Bertz CT molecular complexity index is 1070. The monoisotopic (exact) mass is 682 g/mol. The van der Waals surface area contributed by atoms with Crippen molar-refractivity contribution in [3.63, 3.8) is 0 Å². The maximum Gasteiger partial charge on any atom is 0.457 e. The second-order valence-electron chi connectivity index (χ2n) is 14.1. The standard InChI is InChI=1S/C20H35BFNO7.C8H15BFNO5.CH4/c1-17(2,3)28-16(26)23-12-13(24)20(22,14(23)15(25)27-8)10-9-11-21-29-18(4,5)19(6,7)30-21;10-8(2-1-3-9(15)16)5(12)4-11-6(8)7(13)14;/h13-14,24H,9-12H2,1-8H3;5-6,11-12,15-16H,1-4H2,(H,13,14);1H4/t13-,14-,20+;5-,6-,8+;/m11./s1. The third kappa shape index (κ3) is 10.2. The number of hydrogen-bond donors (Lipinski definition) is 6. The molecule has 3 rings (SSSR count). The van der Waals surface area contributed by atoms with E-state index in [9.17, 15) is 29.0 Å². The summed E-state index contributed by atoms with van der Waals surface area (Å²) in [5.74, 6) is -2.29. The van der Waals surface area contributed by atoms with Gasteiger partial charge in [0, 0.05) is 6.54 Å². The lowest BCUT2D eigenvalue weighted by Gasteiger charge is -2.32. The number of ether oxygens (including phenoxy) is 2. The van der Waals surface area contributed by atoms with Crippen LogP contribution in [0.4, 0.5) is 13.6 Å². The van der Waals surface area contributed by atoms with Crippen LogP contribution >= 0.6 is 0 Å². The zero-order chi connectivity index (χ0) is 35.5. The third-order valence-corrected chi connectivity index (χ3v) is 8.86. The first-order valence-electron chi connectivity index (χ1n) is 15.4. The van der Waals surface area contributed by atoms with E-state index in [0.29, 0.717) is 6.32 Å². The summed E-state index contributed by atoms with van der Waals surface area (Å²) in [4.78, 5) is 36.6. The summed E-state index contributed by atoms with van der Waals surface area (Å²) in [6.45, 7) is 12.2. The molecule has 0 radical (unpaired) electrons. The first-order valence-corrected chi connectivity index (χ1v) is 15.4. The number of halogens is 2. The molecule has 272 valence electrons. The molecule has 0 aromatic heterocycles. The fourth-order valence-corrected chi connectivity index (χ4v) is 5.67. The van der Waals surface area contributed by atoms with Gasteiger partial charge in [-0.2, -0.15) is 0 Å². The number of aliphatic hydroxyl groups is 2. The number of esters is 1. The maximum absolute atomic E-state index is 15.9. The average molecular weight is 682 g/mol. The lowest BCUT2D eigenvalue weighted by molar-refractivity contribution is -0.151. The molecule has 3 heterocycles. The average Bonchev–Trinajstić information content (AvgIpc) is 3.42. The van der Waals surface area contributed by atoms with Gasteiger partial charge >= 0.3 is 32.3 Å². The van der Waals surface area contributed by atoms with E-state index in [1.165, 1.54) is 0 Å². The van der Waals surface area contributed by atoms with Crippen LogP contribution < -0.4 is 5.32 Å². The van der Waals surface area contributed by atoms with Gasteiger partial charge in [-0.05, 0) is 73.9 Å². The number of rotatable bonds is 10. The predicted molar refractivity (Wildman–Crippen MR) is 169 cm³/mol. The van der Waals surface area contributed by atoms with Crippen LogP contribution in [0.1, 0.15) is 81.6 Å². The van der Waals surface area contributed by atoms with Gasteiger partial charge in [0.1, 0.15) is 23.9 Å². The van der Waals surface area contributed by atoms with Crippen molar-refractivity contribution in [2.24, 2.45) is 0 Å². The summed E-state index contributed by atoms with van der Waals surface area (Å²) in [6.07, 6.45) is -3.50. The van der Waals surface area contributed by atoms with Gasteiger partial charge in [0.2, 0.25) is 0 Å². The van der Waals surface area contributed by atoms with Crippen LogP contribution in [0, 0.1) is 0 Å². The zero-order valence-electron chi connectivity index (χ0n) is 27.9. The highest BCUT2D eigenvalue weighted by Gasteiger charge is 2.61. The first-order chi connectivity index (χ1) is 20.9. The maximum atomic E-state index is 15.9. The van der Waals surface area contributed by atoms with Gasteiger partial charge in [0.05, 0.1) is 24.9 Å². The van der Waals surface area contributed by atoms with Gasteiger partial charge in [0.25, 0.3) is 0 Å². The molecule has 3 fully saturated rings. The van der Waals surface area contributed by atoms with E-state index in [-0.39, 0.29) is 52.5 Å². The molecule has 6 N–H and O–H groups in total. The van der Waals surface area contributed by atoms with Gasteiger partial charge in [0.15, 0.2) is 17.4 Å². The van der Waals surface area contributed by atoms with Crippen molar-refractivity contribution in [3.05, 3.63) is 0 Å². The predicted octanol–water partition coefficient (Wildman–Crippen LogP) is 1.72. The van der Waals surface area contributed by atoms with Crippen LogP contribution in [0.2, 0.25) is 12.6 Å². The van der Waals surface area contributed by atoms with Crippen molar-refractivity contribution in [1.82, 2.24) is 10.2 Å². The van der Waals surface area contributed by atoms with Crippen LogP contribution in [0.5, 0.6) is 0 Å². The Balaban J connectivity index is 0.000000550. The Labute approximate surface area is 276 Å². The number of carboxylic acid groups (broad SMARTS) is 1. The molecule has 3 saturated heterocycles. The van der Waals surface area contributed by atoms with Crippen molar-refractivity contribution in [2.75, 3.05) is 20.2 Å². The van der Waals surface area contributed by atoms with Crippen molar-refractivity contribution < 1.29 is 67.3 Å². The number of methoxy groups -OCH3 is 1. The van der Waals surface area contributed by atoms with E-state index in [1.807, 2.05) is 27.7 Å². The number of aliphatic carboxylic acids is 1. The topological polar surface area (TPSA) is 205 Å². The van der Waals surface area contributed by atoms with E-state index in [1.54, 1.807) is 20.8 Å². The summed E-state index contributed by atoms with van der Waals surface area (Å²) >= 11 is 0. The number of carbonyl (C=O) groups is 3. The Kier molecular flexibility index (Phi) is 14.7. The normalized spacial score (nSPS) is 31.0. The van der Waals surface area contributed by atoms with Crippen molar-refractivity contribution in [2.45, 2.75) is 147 Å². The van der Waals surface area contributed by atoms with Crippen molar-refractivity contribution >= 4 is 32.3 Å². The Hall–Kier alpha value is -2.08. The summed E-state index contributed by atoms with van der Waals surface area (Å²) in [5, 5.41) is 48.2. The largest absolute Gasteiger partial charge is 0.480 e. The summed E-state index contributed by atoms with van der Waals surface area (Å²) in [5.41, 5.74) is -6.45. The molecule has 14 nitrogen and oxygen atoms in total. The second kappa shape index (κ2) is 16.1. The Morgan fingerprint density at radius 3 is 2.00 bits per heavy atom. The number of carbonyl (C=O) groups excluding carboxylic acids is 2. The quantitative estimate of drug-likeness (QED) is 0.144. The molecular weight excluding hydrogens is 628 g/mol. The minimum Gasteiger partial charge on any atom is -0.480 e. The molecule has 47 heavy (non-hydrogen) atoms. The molecule has 3 aliphatic rings. The molecular formula is C29H54B2F2N2O12. The van der Waals surface area contributed by atoms with Crippen molar-refractivity contribution in [1.29, 1.82) is 0 Å². The number of nitrogens with zero attached hydrogens (tertiary/aromatic N) is 1. The highest BCUT2D eigenvalue weighted by atomic mass is 19.1. The molecule has 0 aliphatic carbocycles. The zero-order valence-corrected chi connectivity index (χ0v) is 27.9. The lowest BCUT2D eigenvalue weighted by Crippen LogP contribution is -2.53. The minimum atomic E-state index is -2.37. The van der Waals surface area contributed by atoms with Crippen molar-refractivity contribution in [3.8, 4) is 0 Å². The number of carboxylic acids is 1. The van der Waals surface area contributed by atoms with Crippen LogP contribution in [0.25, 0.3) is 0 Å². The molecule has 0 aromatic rings. The van der Waals surface area contributed by atoms with E-state index in [2.05, 4.69) is 5.32 Å². The van der Waals surface area contributed by atoms with Crippen LogP contribution in [0.3, 0.4) is 0 Å². The second-order valence-corrected chi connectivity index (χ2v) is 14.1. The first kappa shape index (κ1) is 42.9. The number of hydrogen-bond acceptors (Lipinski definition) is 12. The fraction of sp³-hybridized carbons (Fsp3) is 0.897. The SMILES string of the molecule is C.COC(=O)[C@H]1N(C(=O)OC(C)(C)C)C[C@@H](O)[C@@]1(F)CCCB1OC(C)(C)C(C)(C)O1.O=C(O)[C@H]1NC[C@@H](O)[C@@]1(F)CCCB(O)O. The van der Waals surface area contributed by atoms with E-state index in [0.717, 1.165) is 12.0 Å². The lowest BCUT2D eigenvalue weighted by atomic mass is 9.78. The Morgan fingerprint density at radius 1 is 1.00 bits per heavy atom. The van der Waals surface area contributed by atoms with E-state index < -0.39 is 84.7 Å². The molecule has 0 bridgehead atoms. The molecule has 18 heteroatoms. The highest BCUT2D eigenvalue weighted by Crippen LogP contribution is 2.41. The molecule has 0 unspecified atom stereocenters. The molecule has 6 atom stereocenters.